The summed E-state index contributed by atoms with van der Waals surface area (Å²) in [5.74, 6) is -0.664. The minimum atomic E-state index is -3.47. The van der Waals surface area contributed by atoms with Crippen LogP contribution in [-0.2, 0) is 14.8 Å². The van der Waals surface area contributed by atoms with Gasteiger partial charge in [0, 0.05) is 23.7 Å². The molecule has 0 aliphatic carbocycles. The molecule has 0 bridgehead atoms. The summed E-state index contributed by atoms with van der Waals surface area (Å²) in [5, 5.41) is 3.25. The van der Waals surface area contributed by atoms with E-state index in [2.05, 4.69) is 10.2 Å². The molecule has 1 aromatic carbocycles. The van der Waals surface area contributed by atoms with Gasteiger partial charge in [-0.25, -0.2) is 12.8 Å². The summed E-state index contributed by atoms with van der Waals surface area (Å²) >= 11 is 6.32. The van der Waals surface area contributed by atoms with Gasteiger partial charge in [0.05, 0.1) is 11.8 Å². The fourth-order valence-electron chi connectivity index (χ4n) is 4.49. The fourth-order valence-corrected chi connectivity index (χ4v) is 6.52. The van der Waals surface area contributed by atoms with E-state index in [1.807, 2.05) is 6.92 Å². The first-order valence-electron chi connectivity index (χ1n) is 10.8. The van der Waals surface area contributed by atoms with Crippen LogP contribution in [0.15, 0.2) is 18.2 Å². The predicted octanol–water partition coefficient (Wildman–Crippen LogP) is 3.33. The first-order valence-corrected chi connectivity index (χ1v) is 12.8. The Hall–Kier alpha value is -1.22. The van der Waals surface area contributed by atoms with E-state index in [9.17, 15) is 17.6 Å². The zero-order valence-corrected chi connectivity index (χ0v) is 19.0. The van der Waals surface area contributed by atoms with Crippen LogP contribution in [0.4, 0.5) is 4.39 Å². The summed E-state index contributed by atoms with van der Waals surface area (Å²) in [5.41, 5.74) is 0.389. The van der Waals surface area contributed by atoms with Crippen LogP contribution in [0.1, 0.15) is 57.1 Å². The number of likely N-dealkylation sites (tertiary alicyclic amines) is 1. The molecule has 6 nitrogen and oxygen atoms in total. The van der Waals surface area contributed by atoms with Crippen LogP contribution in [0, 0.1) is 5.82 Å². The molecule has 30 heavy (non-hydrogen) atoms. The van der Waals surface area contributed by atoms with Gasteiger partial charge >= 0.3 is 0 Å². The lowest BCUT2D eigenvalue weighted by Gasteiger charge is -2.35. The van der Waals surface area contributed by atoms with Crippen molar-refractivity contribution in [3.8, 4) is 0 Å². The first kappa shape index (κ1) is 23.4. The van der Waals surface area contributed by atoms with Gasteiger partial charge in [0.25, 0.3) is 0 Å². The van der Waals surface area contributed by atoms with E-state index in [0.29, 0.717) is 30.0 Å². The Balaban J connectivity index is 1.77. The maximum Gasteiger partial charge on any atom is 0.238 e. The van der Waals surface area contributed by atoms with E-state index in [4.69, 9.17) is 11.6 Å². The Morgan fingerprint density at radius 2 is 1.93 bits per heavy atom. The molecule has 2 fully saturated rings. The maximum atomic E-state index is 14.6. The number of carbonyl (C=O) groups excluding carboxylic acids is 1. The minimum Gasteiger partial charge on any atom is -0.353 e. The van der Waals surface area contributed by atoms with Gasteiger partial charge in [0.1, 0.15) is 11.9 Å². The van der Waals surface area contributed by atoms with Gasteiger partial charge in [-0.2, -0.15) is 4.31 Å². The molecule has 9 heteroatoms. The minimum absolute atomic E-state index is 0.0397. The molecule has 2 aliphatic heterocycles. The summed E-state index contributed by atoms with van der Waals surface area (Å²) in [6, 6.07) is 3.52. The average molecular weight is 460 g/mol. The second-order valence-electron chi connectivity index (χ2n) is 8.08. The largest absolute Gasteiger partial charge is 0.353 e. The van der Waals surface area contributed by atoms with Crippen LogP contribution >= 0.6 is 11.6 Å². The predicted molar refractivity (Wildman–Crippen MR) is 116 cm³/mol. The van der Waals surface area contributed by atoms with Crippen LogP contribution in [0.2, 0.25) is 5.02 Å². The molecule has 2 unspecified atom stereocenters. The van der Waals surface area contributed by atoms with Crippen LogP contribution in [0.3, 0.4) is 0 Å². The van der Waals surface area contributed by atoms with Crippen molar-refractivity contribution in [2.24, 2.45) is 0 Å². The molecular weight excluding hydrogens is 429 g/mol. The molecule has 0 spiro atoms. The lowest BCUT2D eigenvalue weighted by molar-refractivity contribution is -0.126. The smallest absolute Gasteiger partial charge is 0.238 e. The van der Waals surface area contributed by atoms with Crippen molar-refractivity contribution in [1.29, 1.82) is 0 Å². The molecule has 2 heterocycles. The topological polar surface area (TPSA) is 69.7 Å². The Labute approximate surface area is 183 Å². The first-order chi connectivity index (χ1) is 14.3. The molecule has 1 amide bonds. The highest BCUT2D eigenvalue weighted by molar-refractivity contribution is 7.89. The van der Waals surface area contributed by atoms with Crippen molar-refractivity contribution < 1.29 is 17.6 Å². The van der Waals surface area contributed by atoms with Crippen LogP contribution in [-0.4, -0.2) is 61.5 Å². The third-order valence-electron chi connectivity index (χ3n) is 5.96. The fraction of sp³-hybridized carbons (Fsp3) is 0.667. The molecule has 2 saturated heterocycles. The summed E-state index contributed by atoms with van der Waals surface area (Å²) in [4.78, 5) is 15.2. The summed E-state index contributed by atoms with van der Waals surface area (Å²) < 4.78 is 41.2. The zero-order valence-electron chi connectivity index (χ0n) is 17.4. The number of hydrogen-bond acceptors (Lipinski definition) is 4. The van der Waals surface area contributed by atoms with Crippen molar-refractivity contribution in [3.63, 3.8) is 0 Å². The van der Waals surface area contributed by atoms with Gasteiger partial charge in [-0.15, -0.1) is 0 Å². The third-order valence-corrected chi connectivity index (χ3v) is 8.37. The number of benzene rings is 1. The Kier molecular flexibility index (Phi) is 8.12. The number of carbonyl (C=O) groups is 1. The average Bonchev–Trinajstić information content (AvgIpc) is 3.24. The monoisotopic (exact) mass is 459 g/mol. The van der Waals surface area contributed by atoms with E-state index in [-0.39, 0.29) is 24.2 Å². The van der Waals surface area contributed by atoms with Gasteiger partial charge in [0.2, 0.25) is 15.9 Å². The Morgan fingerprint density at radius 3 is 2.60 bits per heavy atom. The highest BCUT2D eigenvalue weighted by Crippen LogP contribution is 2.32. The lowest BCUT2D eigenvalue weighted by atomic mass is 10.0. The second-order valence-corrected chi connectivity index (χ2v) is 10.5. The zero-order chi connectivity index (χ0) is 21.7. The van der Waals surface area contributed by atoms with Gasteiger partial charge in [-0.1, -0.05) is 31.0 Å². The van der Waals surface area contributed by atoms with Gasteiger partial charge in [-0.05, 0) is 57.3 Å². The number of nitrogens with one attached hydrogen (secondary N) is 1. The number of amides is 1. The number of piperidine rings is 1. The second kappa shape index (κ2) is 10.4. The third kappa shape index (κ3) is 5.33. The van der Waals surface area contributed by atoms with Crippen molar-refractivity contribution in [1.82, 2.24) is 14.5 Å². The Bertz CT molecular complexity index is 826. The molecule has 3 rings (SSSR count). The van der Waals surface area contributed by atoms with E-state index in [1.54, 1.807) is 12.1 Å². The van der Waals surface area contributed by atoms with Crippen LogP contribution in [0.5, 0.6) is 0 Å². The highest BCUT2D eigenvalue weighted by Gasteiger charge is 2.37. The quantitative estimate of drug-likeness (QED) is 0.647. The Morgan fingerprint density at radius 1 is 1.23 bits per heavy atom. The number of rotatable bonds is 8. The molecule has 0 radical (unpaired) electrons. The van der Waals surface area contributed by atoms with E-state index < -0.39 is 21.9 Å². The van der Waals surface area contributed by atoms with Crippen LogP contribution in [0.25, 0.3) is 0 Å². The standard InChI is InChI=1S/C21H31ClFN3O3S/c1-2-14-30(28,29)26-13-4-3-10-18(26)21(27)24-15-19(25-11-5-6-12-25)20-16(22)8-7-9-17(20)23/h7-9,18-19H,2-6,10-15H2,1H3,(H,24,27). The normalized spacial score (nSPS) is 22.2. The van der Waals surface area contributed by atoms with Gasteiger partial charge in [0.15, 0.2) is 0 Å². The summed E-state index contributed by atoms with van der Waals surface area (Å²) in [7, 11) is -3.47. The van der Waals surface area contributed by atoms with Crippen molar-refractivity contribution in [2.45, 2.75) is 57.5 Å². The SMILES string of the molecule is CCCS(=O)(=O)N1CCCCC1C(=O)NCC(c1c(F)cccc1Cl)N1CCCC1. The van der Waals surface area contributed by atoms with Crippen molar-refractivity contribution >= 4 is 27.5 Å². The summed E-state index contributed by atoms with van der Waals surface area (Å²) in [6.07, 6.45) is 4.61. The van der Waals surface area contributed by atoms with E-state index in [0.717, 1.165) is 38.8 Å². The van der Waals surface area contributed by atoms with Gasteiger partial charge in [-0.3, -0.25) is 9.69 Å². The number of halogens is 2. The number of nitrogens with zero attached hydrogens (tertiary/aromatic N) is 2. The maximum absolute atomic E-state index is 14.6. The molecule has 2 aliphatic rings. The molecule has 2 atom stereocenters. The van der Waals surface area contributed by atoms with Gasteiger partial charge < -0.3 is 5.32 Å². The molecule has 1 N–H and O–H groups in total. The molecule has 168 valence electrons. The van der Waals surface area contributed by atoms with E-state index in [1.165, 1.54) is 10.4 Å². The molecule has 0 aromatic heterocycles. The highest BCUT2D eigenvalue weighted by atomic mass is 35.5. The van der Waals surface area contributed by atoms with Crippen molar-refractivity contribution in [3.05, 3.63) is 34.6 Å². The molecule has 1 aromatic rings. The molecule has 0 saturated carbocycles. The summed E-state index contributed by atoms with van der Waals surface area (Å²) in [6.45, 7) is 4.00. The lowest BCUT2D eigenvalue weighted by Crippen LogP contribution is -2.53. The molecular formula is C21H31ClFN3O3S. The number of sulfonamides is 1. The number of hydrogen-bond donors (Lipinski definition) is 1. The van der Waals surface area contributed by atoms with E-state index >= 15 is 0 Å². The van der Waals surface area contributed by atoms with Crippen molar-refractivity contribution in [2.75, 3.05) is 31.9 Å². The van der Waals surface area contributed by atoms with Crippen LogP contribution < -0.4 is 5.32 Å².